The smallest absolute Gasteiger partial charge is 0.101 e. The highest BCUT2D eigenvalue weighted by Gasteiger charge is 2.23. The normalized spacial score (nSPS) is 12.1. The van der Waals surface area contributed by atoms with E-state index in [0.29, 0.717) is 22.4 Å². The molecule has 0 atom stereocenters. The minimum absolute atomic E-state index is 0.418. The average molecular weight is 652 g/mol. The van der Waals surface area contributed by atoms with Gasteiger partial charge in [0.1, 0.15) is 6.07 Å². The summed E-state index contributed by atoms with van der Waals surface area (Å²) in [7, 11) is 0. The van der Waals surface area contributed by atoms with Crippen LogP contribution in [0.25, 0.3) is 71.7 Å². The number of para-hydroxylation sites is 3. The second-order valence-corrected chi connectivity index (χ2v) is 12.4. The van der Waals surface area contributed by atoms with Gasteiger partial charge in [0.2, 0.25) is 0 Å². The molecule has 5 nitrogen and oxygen atoms in total. The third-order valence-corrected chi connectivity index (χ3v) is 9.60. The zero-order valence-electron chi connectivity index (χ0n) is 27.8. The van der Waals surface area contributed by atoms with Crippen LogP contribution in [0, 0.1) is 34.0 Å². The molecule has 5 heteroatoms. The van der Waals surface area contributed by atoms with E-state index >= 15 is 0 Å². The van der Waals surface area contributed by atoms with E-state index in [1.807, 2.05) is 73.7 Å². The number of hydrogen-bond donors (Lipinski definition) is 0. The molecule has 0 bridgehead atoms. The van der Waals surface area contributed by atoms with Crippen molar-refractivity contribution in [2.24, 2.45) is 0 Å². The average Bonchev–Trinajstić information content (AvgIpc) is 3.70. The van der Waals surface area contributed by atoms with E-state index in [4.69, 9.17) is 0 Å². The summed E-state index contributed by atoms with van der Waals surface area (Å²) in [6.07, 6.45) is 3.34. The molecule has 0 aliphatic rings. The van der Waals surface area contributed by atoms with Crippen molar-refractivity contribution in [3.8, 4) is 35.0 Å². The SMILES string of the molecule is C=C/C=C(C#N)\C(=C(/C)c1cccc(C#N)c1-c1cccc(-n2c3ccccc3c3ccccc32)c1)n1c2ccccc2c2cc(C#N)ccc21. The summed E-state index contributed by atoms with van der Waals surface area (Å²) in [5, 5.41) is 35.1. The Kier molecular flexibility index (Phi) is 7.62. The molecule has 0 saturated heterocycles. The van der Waals surface area contributed by atoms with E-state index < -0.39 is 0 Å². The summed E-state index contributed by atoms with van der Waals surface area (Å²) >= 11 is 0. The molecular weight excluding hydrogens is 623 g/mol. The lowest BCUT2D eigenvalue weighted by atomic mass is 9.89. The summed E-state index contributed by atoms with van der Waals surface area (Å²) in [4.78, 5) is 0. The molecule has 6 aromatic carbocycles. The van der Waals surface area contributed by atoms with Crippen LogP contribution in [0.15, 0.2) is 158 Å². The van der Waals surface area contributed by atoms with Gasteiger partial charge in [0, 0.05) is 32.8 Å². The highest BCUT2D eigenvalue weighted by molar-refractivity contribution is 6.14. The van der Waals surface area contributed by atoms with Gasteiger partial charge in [0.15, 0.2) is 0 Å². The Morgan fingerprint density at radius 3 is 1.90 bits per heavy atom. The number of hydrogen-bond acceptors (Lipinski definition) is 3. The van der Waals surface area contributed by atoms with Crippen molar-refractivity contribution in [1.82, 2.24) is 9.13 Å². The Morgan fingerprint density at radius 2 is 1.25 bits per heavy atom. The molecule has 2 heterocycles. The molecule has 0 radical (unpaired) electrons. The Morgan fingerprint density at radius 1 is 0.627 bits per heavy atom. The molecule has 238 valence electrons. The highest BCUT2D eigenvalue weighted by atomic mass is 15.0. The molecule has 0 amide bonds. The summed E-state index contributed by atoms with van der Waals surface area (Å²) in [6.45, 7) is 5.93. The van der Waals surface area contributed by atoms with Gasteiger partial charge < -0.3 is 9.13 Å². The van der Waals surface area contributed by atoms with Crippen molar-refractivity contribution in [2.75, 3.05) is 0 Å². The summed E-state index contributed by atoms with van der Waals surface area (Å²) in [5.74, 6) is 0. The first kappa shape index (κ1) is 30.9. The molecular formula is C46H29N5. The maximum absolute atomic E-state index is 10.6. The molecule has 0 N–H and O–H groups in total. The number of rotatable bonds is 6. The van der Waals surface area contributed by atoms with Gasteiger partial charge in [-0.2, -0.15) is 15.8 Å². The maximum atomic E-state index is 10.6. The fraction of sp³-hybridized carbons (Fsp3) is 0.0217. The number of nitriles is 3. The number of benzene rings is 6. The lowest BCUT2D eigenvalue weighted by molar-refractivity contribution is 1.18. The lowest BCUT2D eigenvalue weighted by Crippen LogP contribution is -2.04. The molecule has 8 rings (SSSR count). The molecule has 0 unspecified atom stereocenters. The van der Waals surface area contributed by atoms with Crippen LogP contribution in [-0.2, 0) is 0 Å². The van der Waals surface area contributed by atoms with E-state index in [1.54, 1.807) is 18.2 Å². The molecule has 0 fully saturated rings. The number of allylic oxidation sites excluding steroid dienone is 5. The fourth-order valence-electron chi connectivity index (χ4n) is 7.46. The quantitative estimate of drug-likeness (QED) is 0.132. The second kappa shape index (κ2) is 12.6. The Hall–Kier alpha value is -7.39. The fourth-order valence-corrected chi connectivity index (χ4v) is 7.46. The maximum Gasteiger partial charge on any atom is 0.101 e. The van der Waals surface area contributed by atoms with Crippen LogP contribution in [0.2, 0.25) is 0 Å². The molecule has 0 saturated carbocycles. The van der Waals surface area contributed by atoms with Crippen LogP contribution in [0.4, 0.5) is 0 Å². The first-order valence-corrected chi connectivity index (χ1v) is 16.6. The Bertz CT molecular complexity index is 2870. The van der Waals surface area contributed by atoms with Crippen molar-refractivity contribution in [2.45, 2.75) is 6.92 Å². The van der Waals surface area contributed by atoms with E-state index in [9.17, 15) is 15.8 Å². The number of nitrogens with zero attached hydrogens (tertiary/aromatic N) is 5. The molecule has 0 aliphatic carbocycles. The zero-order valence-corrected chi connectivity index (χ0v) is 27.8. The highest BCUT2D eigenvalue weighted by Crippen LogP contribution is 2.41. The third-order valence-electron chi connectivity index (χ3n) is 9.60. The van der Waals surface area contributed by atoms with E-state index in [-0.39, 0.29) is 0 Å². The summed E-state index contributed by atoms with van der Waals surface area (Å²) in [6, 6.07) is 51.7. The standard InChI is InChI=1S/C46H29N5/c1-3-12-34(29-49)46(51-43-22-9-6-18-39(43)40-25-31(27-47)23-24-44(40)51)30(2)36-19-11-14-33(28-48)45(36)32-13-10-15-35(26-32)50-41-20-7-4-16-37(41)38-17-5-8-21-42(38)50/h3-26H,1H2,2H3/b34-12-,46-30-. The van der Waals surface area contributed by atoms with Gasteiger partial charge in [-0.05, 0) is 84.3 Å². The van der Waals surface area contributed by atoms with Gasteiger partial charge in [-0.3, -0.25) is 0 Å². The summed E-state index contributed by atoms with van der Waals surface area (Å²) in [5.41, 5.74) is 10.4. The molecule has 2 aromatic heterocycles. The van der Waals surface area contributed by atoms with Crippen molar-refractivity contribution in [1.29, 1.82) is 15.8 Å². The molecule has 0 aliphatic heterocycles. The van der Waals surface area contributed by atoms with Crippen LogP contribution in [0.3, 0.4) is 0 Å². The number of fused-ring (bicyclic) bond motifs is 6. The first-order chi connectivity index (χ1) is 25.1. The van der Waals surface area contributed by atoms with Gasteiger partial charge in [-0.25, -0.2) is 0 Å². The minimum atomic E-state index is 0.418. The van der Waals surface area contributed by atoms with E-state index in [2.05, 4.69) is 94.6 Å². The zero-order chi connectivity index (χ0) is 35.1. The van der Waals surface area contributed by atoms with Gasteiger partial charge in [0.25, 0.3) is 0 Å². The third kappa shape index (κ3) is 4.91. The molecule has 8 aromatic rings. The van der Waals surface area contributed by atoms with Crippen molar-refractivity contribution in [3.63, 3.8) is 0 Å². The summed E-state index contributed by atoms with van der Waals surface area (Å²) < 4.78 is 4.36. The molecule has 0 spiro atoms. The van der Waals surface area contributed by atoms with Crippen molar-refractivity contribution >= 4 is 54.9 Å². The van der Waals surface area contributed by atoms with Crippen LogP contribution in [-0.4, -0.2) is 9.13 Å². The monoisotopic (exact) mass is 651 g/mol. The van der Waals surface area contributed by atoms with Crippen LogP contribution < -0.4 is 0 Å². The van der Waals surface area contributed by atoms with E-state index in [1.165, 1.54) is 10.8 Å². The lowest BCUT2D eigenvalue weighted by Gasteiger charge is -2.20. The van der Waals surface area contributed by atoms with Gasteiger partial charge >= 0.3 is 0 Å². The van der Waals surface area contributed by atoms with Crippen molar-refractivity contribution < 1.29 is 0 Å². The minimum Gasteiger partial charge on any atom is -0.309 e. The van der Waals surface area contributed by atoms with Gasteiger partial charge in [-0.15, -0.1) is 0 Å². The van der Waals surface area contributed by atoms with Gasteiger partial charge in [-0.1, -0.05) is 91.5 Å². The Balaban J connectivity index is 1.44. The molecule has 51 heavy (non-hydrogen) atoms. The van der Waals surface area contributed by atoms with Gasteiger partial charge in [0.05, 0.1) is 56.6 Å². The first-order valence-electron chi connectivity index (χ1n) is 16.6. The van der Waals surface area contributed by atoms with E-state index in [0.717, 1.165) is 60.8 Å². The predicted molar refractivity (Wildman–Crippen MR) is 208 cm³/mol. The largest absolute Gasteiger partial charge is 0.309 e. The van der Waals surface area contributed by atoms with Crippen LogP contribution in [0.1, 0.15) is 23.6 Å². The number of aromatic nitrogens is 2. The van der Waals surface area contributed by atoms with Crippen LogP contribution >= 0.6 is 0 Å². The topological polar surface area (TPSA) is 81.2 Å². The second-order valence-electron chi connectivity index (χ2n) is 12.4. The van der Waals surface area contributed by atoms with Crippen LogP contribution in [0.5, 0.6) is 0 Å². The predicted octanol–water partition coefficient (Wildman–Crippen LogP) is 11.3. The Labute approximate surface area is 295 Å². The van der Waals surface area contributed by atoms with Crippen molar-refractivity contribution in [3.05, 3.63) is 174 Å².